The number of rotatable bonds is 10. The molecular formula is C23H30N2O4S. The Kier molecular flexibility index (Phi) is 8.28. The van der Waals surface area contributed by atoms with E-state index in [0.717, 1.165) is 49.0 Å². The van der Waals surface area contributed by atoms with Gasteiger partial charge in [-0.05, 0) is 62.3 Å². The van der Waals surface area contributed by atoms with Gasteiger partial charge < -0.3 is 20.1 Å². The number of amides is 2. The summed E-state index contributed by atoms with van der Waals surface area (Å²) in [5.41, 5.74) is 2.65. The SMILES string of the molecule is CCOc1ccc(CC(=O)Nc2sc3c(c2C(=O)NCCCOC)CCCC3)cc1. The van der Waals surface area contributed by atoms with Crippen molar-refractivity contribution in [3.63, 3.8) is 0 Å². The largest absolute Gasteiger partial charge is 0.494 e. The second-order valence-corrected chi connectivity index (χ2v) is 8.42. The first-order valence-corrected chi connectivity index (χ1v) is 11.4. The van der Waals surface area contributed by atoms with Crippen LogP contribution in [0.2, 0.25) is 0 Å². The number of carbonyl (C=O) groups is 2. The summed E-state index contributed by atoms with van der Waals surface area (Å²) in [6, 6.07) is 7.53. The van der Waals surface area contributed by atoms with Gasteiger partial charge in [0.25, 0.3) is 5.91 Å². The van der Waals surface area contributed by atoms with Crippen LogP contribution in [-0.2, 0) is 28.8 Å². The van der Waals surface area contributed by atoms with E-state index in [9.17, 15) is 9.59 Å². The van der Waals surface area contributed by atoms with E-state index in [-0.39, 0.29) is 18.2 Å². The minimum atomic E-state index is -0.119. The van der Waals surface area contributed by atoms with Gasteiger partial charge in [0, 0.05) is 25.1 Å². The van der Waals surface area contributed by atoms with Gasteiger partial charge in [-0.1, -0.05) is 12.1 Å². The lowest BCUT2D eigenvalue weighted by Gasteiger charge is -2.13. The quantitative estimate of drug-likeness (QED) is 0.559. The molecule has 7 heteroatoms. The topological polar surface area (TPSA) is 76.7 Å². The van der Waals surface area contributed by atoms with Crippen molar-refractivity contribution in [3.8, 4) is 5.75 Å². The predicted octanol–water partition coefficient (Wildman–Crippen LogP) is 3.97. The molecule has 0 unspecified atom stereocenters. The lowest BCUT2D eigenvalue weighted by Crippen LogP contribution is -2.27. The molecule has 6 nitrogen and oxygen atoms in total. The van der Waals surface area contributed by atoms with Gasteiger partial charge in [-0.2, -0.15) is 0 Å². The number of hydrogen-bond acceptors (Lipinski definition) is 5. The first-order chi connectivity index (χ1) is 14.6. The van der Waals surface area contributed by atoms with Crippen molar-refractivity contribution in [1.29, 1.82) is 0 Å². The standard InChI is InChI=1S/C23H30N2O4S/c1-3-29-17-11-9-16(10-12-17)15-20(26)25-23-21(22(27)24-13-6-14-28-2)18-7-4-5-8-19(18)30-23/h9-12H,3-8,13-15H2,1-2H3,(H,24,27)(H,25,26). The third-order valence-corrected chi connectivity index (χ3v) is 6.27. The van der Waals surface area contributed by atoms with E-state index in [4.69, 9.17) is 9.47 Å². The average Bonchev–Trinajstić information content (AvgIpc) is 3.10. The molecule has 0 radical (unpaired) electrons. The van der Waals surface area contributed by atoms with Crippen LogP contribution in [0.25, 0.3) is 0 Å². The maximum atomic E-state index is 12.9. The van der Waals surface area contributed by atoms with E-state index in [1.165, 1.54) is 4.88 Å². The zero-order valence-corrected chi connectivity index (χ0v) is 18.5. The number of fused-ring (bicyclic) bond motifs is 1. The Bertz CT molecular complexity index is 861. The van der Waals surface area contributed by atoms with Gasteiger partial charge in [0.15, 0.2) is 0 Å². The highest BCUT2D eigenvalue weighted by atomic mass is 32.1. The molecular weight excluding hydrogens is 400 g/mol. The minimum Gasteiger partial charge on any atom is -0.494 e. The number of anilines is 1. The lowest BCUT2D eigenvalue weighted by atomic mass is 9.95. The fraction of sp³-hybridized carbons (Fsp3) is 0.478. The smallest absolute Gasteiger partial charge is 0.254 e. The molecule has 1 aliphatic rings. The number of hydrogen-bond donors (Lipinski definition) is 2. The van der Waals surface area contributed by atoms with Gasteiger partial charge in [0.1, 0.15) is 10.8 Å². The Balaban J connectivity index is 1.70. The van der Waals surface area contributed by atoms with Crippen molar-refractivity contribution in [2.75, 3.05) is 32.2 Å². The zero-order chi connectivity index (χ0) is 21.3. The second-order valence-electron chi connectivity index (χ2n) is 7.32. The maximum absolute atomic E-state index is 12.9. The molecule has 2 aromatic rings. The molecule has 0 fully saturated rings. The molecule has 0 atom stereocenters. The molecule has 0 saturated heterocycles. The Morgan fingerprint density at radius 3 is 2.63 bits per heavy atom. The molecule has 162 valence electrons. The summed E-state index contributed by atoms with van der Waals surface area (Å²) >= 11 is 1.54. The predicted molar refractivity (Wildman–Crippen MR) is 120 cm³/mol. The first kappa shape index (κ1) is 22.3. The van der Waals surface area contributed by atoms with Gasteiger partial charge in [0.2, 0.25) is 5.91 Å². The molecule has 0 spiro atoms. The van der Waals surface area contributed by atoms with Crippen LogP contribution in [0, 0.1) is 0 Å². The Morgan fingerprint density at radius 2 is 1.90 bits per heavy atom. The first-order valence-electron chi connectivity index (χ1n) is 10.6. The monoisotopic (exact) mass is 430 g/mol. The van der Waals surface area contributed by atoms with Crippen molar-refractivity contribution in [2.24, 2.45) is 0 Å². The maximum Gasteiger partial charge on any atom is 0.254 e. The molecule has 1 aliphatic carbocycles. The number of benzene rings is 1. The van der Waals surface area contributed by atoms with Gasteiger partial charge >= 0.3 is 0 Å². The fourth-order valence-electron chi connectivity index (χ4n) is 3.63. The highest BCUT2D eigenvalue weighted by Crippen LogP contribution is 2.38. The number of carbonyl (C=O) groups excluding carboxylic acids is 2. The Labute approximate surface area is 182 Å². The third kappa shape index (κ3) is 5.83. The molecule has 30 heavy (non-hydrogen) atoms. The second kappa shape index (κ2) is 11.1. The van der Waals surface area contributed by atoms with E-state index < -0.39 is 0 Å². The average molecular weight is 431 g/mol. The van der Waals surface area contributed by atoms with Crippen LogP contribution < -0.4 is 15.4 Å². The van der Waals surface area contributed by atoms with Crippen molar-refractivity contribution in [1.82, 2.24) is 5.32 Å². The van der Waals surface area contributed by atoms with Crippen molar-refractivity contribution in [2.45, 2.75) is 45.4 Å². The summed E-state index contributed by atoms with van der Waals surface area (Å²) in [5.74, 6) is 0.563. The van der Waals surface area contributed by atoms with Crippen molar-refractivity contribution < 1.29 is 19.1 Å². The summed E-state index contributed by atoms with van der Waals surface area (Å²) < 4.78 is 10.5. The highest BCUT2D eigenvalue weighted by molar-refractivity contribution is 7.17. The number of nitrogens with one attached hydrogen (secondary N) is 2. The molecule has 1 heterocycles. The van der Waals surface area contributed by atoms with Crippen LogP contribution in [0.15, 0.2) is 24.3 Å². The van der Waals surface area contributed by atoms with Gasteiger partial charge in [-0.25, -0.2) is 0 Å². The van der Waals surface area contributed by atoms with Crippen LogP contribution in [0.3, 0.4) is 0 Å². The van der Waals surface area contributed by atoms with E-state index in [0.29, 0.717) is 30.3 Å². The number of thiophene rings is 1. The number of ether oxygens (including phenoxy) is 2. The third-order valence-electron chi connectivity index (χ3n) is 5.06. The van der Waals surface area contributed by atoms with Crippen LogP contribution >= 0.6 is 11.3 Å². The Hall–Kier alpha value is -2.38. The molecule has 3 rings (SSSR count). The molecule has 2 amide bonds. The van der Waals surface area contributed by atoms with Gasteiger partial charge in [0.05, 0.1) is 18.6 Å². The normalized spacial score (nSPS) is 12.9. The summed E-state index contributed by atoms with van der Waals surface area (Å²) in [6.07, 6.45) is 5.08. The lowest BCUT2D eigenvalue weighted by molar-refractivity contribution is -0.115. The molecule has 2 N–H and O–H groups in total. The van der Waals surface area contributed by atoms with Crippen molar-refractivity contribution >= 4 is 28.2 Å². The highest BCUT2D eigenvalue weighted by Gasteiger charge is 2.26. The summed E-state index contributed by atoms with van der Waals surface area (Å²) in [4.78, 5) is 26.8. The summed E-state index contributed by atoms with van der Waals surface area (Å²) in [5, 5.41) is 6.64. The number of aryl methyl sites for hydroxylation is 1. The molecule has 1 aromatic carbocycles. The molecule has 1 aromatic heterocycles. The Morgan fingerprint density at radius 1 is 1.13 bits per heavy atom. The van der Waals surface area contributed by atoms with Gasteiger partial charge in [-0.3, -0.25) is 9.59 Å². The van der Waals surface area contributed by atoms with E-state index in [1.54, 1.807) is 18.4 Å². The van der Waals surface area contributed by atoms with Crippen LogP contribution in [0.4, 0.5) is 5.00 Å². The van der Waals surface area contributed by atoms with E-state index in [1.807, 2.05) is 31.2 Å². The minimum absolute atomic E-state index is 0.109. The van der Waals surface area contributed by atoms with Crippen LogP contribution in [-0.4, -0.2) is 38.7 Å². The molecule has 0 aliphatic heterocycles. The summed E-state index contributed by atoms with van der Waals surface area (Å²) in [6.45, 7) is 3.71. The van der Waals surface area contributed by atoms with Crippen LogP contribution in [0.5, 0.6) is 5.75 Å². The summed E-state index contributed by atoms with van der Waals surface area (Å²) in [7, 11) is 1.65. The number of methoxy groups -OCH3 is 1. The van der Waals surface area contributed by atoms with Gasteiger partial charge in [-0.15, -0.1) is 11.3 Å². The van der Waals surface area contributed by atoms with Crippen LogP contribution in [0.1, 0.15) is 52.5 Å². The van der Waals surface area contributed by atoms with E-state index in [2.05, 4.69) is 10.6 Å². The zero-order valence-electron chi connectivity index (χ0n) is 17.7. The van der Waals surface area contributed by atoms with Crippen molar-refractivity contribution in [3.05, 3.63) is 45.8 Å². The van der Waals surface area contributed by atoms with E-state index >= 15 is 0 Å². The molecule has 0 bridgehead atoms. The molecule has 0 saturated carbocycles. The fourth-order valence-corrected chi connectivity index (χ4v) is 4.93.